The molecule has 1 amide bonds. The minimum absolute atomic E-state index is 0.00998. The standard InChI is InChI=1S/C15H16BrN5O5/c1-2-26-15(23)14(22)20(9-3-5-18-6-4-9)13-12(21(24)25)7-10(16)11(8-17)19-13/h7,9,18H,2-6H2,1H3. The van der Waals surface area contributed by atoms with Crippen molar-refractivity contribution >= 4 is 39.3 Å². The van der Waals surface area contributed by atoms with E-state index >= 15 is 0 Å². The fraction of sp³-hybridized carbons (Fsp3) is 0.467. The van der Waals surface area contributed by atoms with Crippen LogP contribution in [0.15, 0.2) is 10.5 Å². The summed E-state index contributed by atoms with van der Waals surface area (Å²) < 4.78 is 4.89. The molecular weight excluding hydrogens is 410 g/mol. The van der Waals surface area contributed by atoms with E-state index in [1.54, 1.807) is 13.0 Å². The van der Waals surface area contributed by atoms with Crippen molar-refractivity contribution in [3.8, 4) is 6.07 Å². The Kier molecular flexibility index (Phi) is 6.59. The van der Waals surface area contributed by atoms with Crippen LogP contribution < -0.4 is 10.2 Å². The first kappa shape index (κ1) is 19.7. The maximum atomic E-state index is 12.7. The highest BCUT2D eigenvalue weighted by atomic mass is 79.9. The summed E-state index contributed by atoms with van der Waals surface area (Å²) in [7, 11) is 0. The average Bonchev–Trinajstić information content (AvgIpc) is 2.63. The van der Waals surface area contributed by atoms with E-state index in [0.29, 0.717) is 25.9 Å². The summed E-state index contributed by atoms with van der Waals surface area (Å²) in [5.41, 5.74) is -0.603. The molecule has 0 atom stereocenters. The molecule has 1 aromatic rings. The highest BCUT2D eigenvalue weighted by molar-refractivity contribution is 9.10. The molecule has 1 aliphatic rings. The summed E-state index contributed by atoms with van der Waals surface area (Å²) in [5.74, 6) is -2.50. The molecule has 138 valence electrons. The third kappa shape index (κ3) is 4.14. The normalized spacial score (nSPS) is 14.3. The van der Waals surface area contributed by atoms with Crippen LogP contribution in [0.25, 0.3) is 0 Å². The van der Waals surface area contributed by atoms with Gasteiger partial charge in [0, 0.05) is 12.1 Å². The van der Waals surface area contributed by atoms with Crippen molar-refractivity contribution in [3.63, 3.8) is 0 Å². The molecule has 0 unspecified atom stereocenters. The molecule has 1 N–H and O–H groups in total. The molecule has 11 heteroatoms. The number of nitriles is 1. The van der Waals surface area contributed by atoms with Gasteiger partial charge in [-0.05, 0) is 48.8 Å². The van der Waals surface area contributed by atoms with Crippen molar-refractivity contribution < 1.29 is 19.2 Å². The first-order valence-electron chi connectivity index (χ1n) is 7.86. The van der Waals surface area contributed by atoms with Gasteiger partial charge in [0.25, 0.3) is 0 Å². The molecular formula is C15H16BrN5O5. The molecule has 1 fully saturated rings. The lowest BCUT2D eigenvalue weighted by Gasteiger charge is -2.32. The van der Waals surface area contributed by atoms with Crippen LogP contribution in [0.4, 0.5) is 11.5 Å². The number of carbonyl (C=O) groups is 2. The Labute approximate surface area is 157 Å². The molecule has 0 spiro atoms. The monoisotopic (exact) mass is 425 g/mol. The van der Waals surface area contributed by atoms with E-state index in [0.717, 1.165) is 11.0 Å². The number of pyridine rings is 1. The SMILES string of the molecule is CCOC(=O)C(=O)N(c1nc(C#N)c(Br)cc1[N+](=O)[O-])C1CCNCC1. The van der Waals surface area contributed by atoms with Gasteiger partial charge in [-0.3, -0.25) is 19.8 Å². The highest BCUT2D eigenvalue weighted by Gasteiger charge is 2.37. The maximum absolute atomic E-state index is 12.7. The van der Waals surface area contributed by atoms with Crippen LogP contribution in [-0.4, -0.2) is 47.5 Å². The Morgan fingerprint density at radius 3 is 2.73 bits per heavy atom. The Balaban J connectivity index is 2.60. The van der Waals surface area contributed by atoms with E-state index in [1.165, 1.54) is 0 Å². The second-order valence-corrected chi connectivity index (χ2v) is 6.26. The topological polar surface area (TPSA) is 138 Å². The quantitative estimate of drug-likeness (QED) is 0.329. The lowest BCUT2D eigenvalue weighted by atomic mass is 10.0. The molecule has 26 heavy (non-hydrogen) atoms. The summed E-state index contributed by atoms with van der Waals surface area (Å²) in [6.45, 7) is 2.69. The van der Waals surface area contributed by atoms with Gasteiger partial charge >= 0.3 is 17.6 Å². The zero-order valence-corrected chi connectivity index (χ0v) is 15.5. The summed E-state index contributed by atoms with van der Waals surface area (Å²) >= 11 is 3.05. The van der Waals surface area contributed by atoms with E-state index in [1.807, 2.05) is 0 Å². The van der Waals surface area contributed by atoms with Crippen molar-refractivity contribution in [1.82, 2.24) is 10.3 Å². The molecule has 1 saturated heterocycles. The van der Waals surface area contributed by atoms with Gasteiger partial charge in [-0.25, -0.2) is 9.78 Å². The number of nitrogens with one attached hydrogen (secondary N) is 1. The molecule has 2 heterocycles. The number of aromatic nitrogens is 1. The van der Waals surface area contributed by atoms with Gasteiger partial charge in [0.15, 0.2) is 5.69 Å². The van der Waals surface area contributed by atoms with Crippen molar-refractivity contribution in [2.75, 3.05) is 24.6 Å². The van der Waals surface area contributed by atoms with E-state index in [4.69, 9.17) is 4.74 Å². The van der Waals surface area contributed by atoms with E-state index in [9.17, 15) is 25.0 Å². The number of hydrogen-bond donors (Lipinski definition) is 1. The number of esters is 1. The van der Waals surface area contributed by atoms with Crippen LogP contribution in [0.1, 0.15) is 25.5 Å². The van der Waals surface area contributed by atoms with E-state index in [-0.39, 0.29) is 22.6 Å². The number of rotatable bonds is 4. The van der Waals surface area contributed by atoms with Crippen LogP contribution in [-0.2, 0) is 14.3 Å². The van der Waals surface area contributed by atoms with Gasteiger partial charge in [-0.1, -0.05) is 0 Å². The molecule has 0 aliphatic carbocycles. The number of piperidine rings is 1. The number of nitro groups is 1. The van der Waals surface area contributed by atoms with Crippen LogP contribution in [0, 0.1) is 21.4 Å². The molecule has 1 aromatic heterocycles. The minimum atomic E-state index is -1.12. The third-order valence-electron chi connectivity index (χ3n) is 3.81. The lowest BCUT2D eigenvalue weighted by Crippen LogP contribution is -2.49. The van der Waals surface area contributed by atoms with Gasteiger partial charge in [0.2, 0.25) is 5.82 Å². The molecule has 10 nitrogen and oxygen atoms in total. The molecule has 0 bridgehead atoms. The summed E-state index contributed by atoms with van der Waals surface area (Å²) in [6.07, 6.45) is 0.948. The van der Waals surface area contributed by atoms with Crippen LogP contribution in [0.2, 0.25) is 0 Å². The smallest absolute Gasteiger partial charge is 0.397 e. The second kappa shape index (κ2) is 8.68. The van der Waals surface area contributed by atoms with Gasteiger partial charge in [-0.2, -0.15) is 5.26 Å². The summed E-state index contributed by atoms with van der Waals surface area (Å²) in [5, 5.41) is 23.8. The highest BCUT2D eigenvalue weighted by Crippen LogP contribution is 2.33. The van der Waals surface area contributed by atoms with E-state index in [2.05, 4.69) is 26.2 Å². The van der Waals surface area contributed by atoms with Gasteiger partial charge in [-0.15, -0.1) is 0 Å². The average molecular weight is 426 g/mol. The zero-order valence-electron chi connectivity index (χ0n) is 13.9. The minimum Gasteiger partial charge on any atom is -0.459 e. The second-order valence-electron chi connectivity index (χ2n) is 5.41. The van der Waals surface area contributed by atoms with Gasteiger partial charge < -0.3 is 10.1 Å². The number of halogens is 1. The Bertz CT molecular complexity index is 772. The number of carbonyl (C=O) groups excluding carboxylic acids is 2. The summed E-state index contributed by atoms with van der Waals surface area (Å²) in [4.78, 5) is 40.4. The summed E-state index contributed by atoms with van der Waals surface area (Å²) in [6, 6.07) is 2.43. The molecule has 0 radical (unpaired) electrons. The number of nitrogens with zero attached hydrogens (tertiary/aromatic N) is 4. The van der Waals surface area contributed by atoms with Crippen molar-refractivity contribution in [2.45, 2.75) is 25.8 Å². The van der Waals surface area contributed by atoms with Gasteiger partial charge in [0.1, 0.15) is 6.07 Å². The Morgan fingerprint density at radius 2 is 2.19 bits per heavy atom. The predicted octanol–water partition coefficient (Wildman–Crippen LogP) is 1.27. The van der Waals surface area contributed by atoms with Crippen LogP contribution in [0.5, 0.6) is 0 Å². The largest absolute Gasteiger partial charge is 0.459 e. The van der Waals surface area contributed by atoms with Crippen molar-refractivity contribution in [2.24, 2.45) is 0 Å². The van der Waals surface area contributed by atoms with Gasteiger partial charge in [0.05, 0.1) is 16.0 Å². The maximum Gasteiger partial charge on any atom is 0.397 e. The first-order chi connectivity index (χ1) is 12.4. The third-order valence-corrected chi connectivity index (χ3v) is 4.41. The fourth-order valence-corrected chi connectivity index (χ4v) is 3.04. The van der Waals surface area contributed by atoms with Crippen molar-refractivity contribution in [1.29, 1.82) is 5.26 Å². The van der Waals surface area contributed by atoms with Crippen LogP contribution >= 0.6 is 15.9 Å². The molecule has 0 saturated carbocycles. The molecule has 0 aromatic carbocycles. The first-order valence-corrected chi connectivity index (χ1v) is 8.66. The molecule has 1 aliphatic heterocycles. The number of hydrogen-bond acceptors (Lipinski definition) is 8. The van der Waals surface area contributed by atoms with Crippen molar-refractivity contribution in [3.05, 3.63) is 26.3 Å². The number of ether oxygens (including phenoxy) is 1. The number of anilines is 1. The lowest BCUT2D eigenvalue weighted by molar-refractivity contribution is -0.384. The van der Waals surface area contributed by atoms with E-state index < -0.39 is 28.5 Å². The Hall–Kier alpha value is -2.58. The fourth-order valence-electron chi connectivity index (χ4n) is 2.65. The zero-order chi connectivity index (χ0) is 19.3. The Morgan fingerprint density at radius 1 is 1.54 bits per heavy atom. The van der Waals surface area contributed by atoms with Crippen LogP contribution in [0.3, 0.4) is 0 Å². The molecule has 2 rings (SSSR count). The predicted molar refractivity (Wildman–Crippen MR) is 93.3 cm³/mol. The number of amides is 1.